The van der Waals surface area contributed by atoms with Crippen molar-refractivity contribution in [1.29, 1.82) is 5.26 Å². The Labute approximate surface area is 148 Å². The number of anilines is 1. The molecule has 126 valence electrons. The van der Waals surface area contributed by atoms with Crippen LogP contribution in [-0.2, 0) is 12.7 Å². The van der Waals surface area contributed by atoms with Gasteiger partial charge in [0, 0.05) is 17.2 Å². The first kappa shape index (κ1) is 17.1. The molecule has 0 fully saturated rings. The number of hydrogen-bond donors (Lipinski definition) is 1. The highest BCUT2D eigenvalue weighted by atomic mass is 79.9. The number of rotatable bonds is 3. The maximum Gasteiger partial charge on any atom is 0.451 e. The van der Waals surface area contributed by atoms with Gasteiger partial charge in [0.1, 0.15) is 5.82 Å². The molecule has 9 heteroatoms. The largest absolute Gasteiger partial charge is 0.451 e. The molecule has 2 heterocycles. The molecule has 0 saturated carbocycles. The molecule has 1 N–H and O–H groups in total. The molecule has 0 saturated heterocycles. The van der Waals surface area contributed by atoms with Crippen LogP contribution in [0.1, 0.15) is 17.0 Å². The summed E-state index contributed by atoms with van der Waals surface area (Å²) in [5, 5.41) is 12.1. The second-order valence-corrected chi connectivity index (χ2v) is 6.00. The Balaban J connectivity index is 2.01. The summed E-state index contributed by atoms with van der Waals surface area (Å²) in [4.78, 5) is 11.0. The highest BCUT2D eigenvalue weighted by molar-refractivity contribution is 9.10. The summed E-state index contributed by atoms with van der Waals surface area (Å²) >= 11 is 3.24. The van der Waals surface area contributed by atoms with Gasteiger partial charge in [-0.05, 0) is 39.7 Å². The summed E-state index contributed by atoms with van der Waals surface area (Å²) in [6.07, 6.45) is -3.31. The highest BCUT2D eigenvalue weighted by Gasteiger charge is 2.35. The normalized spacial score (nSPS) is 11.3. The summed E-state index contributed by atoms with van der Waals surface area (Å²) in [6, 6.07) is 10.4. The zero-order valence-electron chi connectivity index (χ0n) is 12.5. The fourth-order valence-corrected chi connectivity index (χ4v) is 2.52. The minimum absolute atomic E-state index is 0.0217. The Kier molecular flexibility index (Phi) is 4.55. The van der Waals surface area contributed by atoms with Crippen LogP contribution in [0.2, 0.25) is 0 Å². The van der Waals surface area contributed by atoms with Gasteiger partial charge in [-0.15, -0.1) is 0 Å². The first-order valence-electron chi connectivity index (χ1n) is 7.00. The number of fused-ring (bicyclic) bond motifs is 1. The number of alkyl halides is 3. The average Bonchev–Trinajstić information content (AvgIpc) is 2.59. The van der Waals surface area contributed by atoms with Gasteiger partial charge >= 0.3 is 6.18 Å². The van der Waals surface area contributed by atoms with E-state index >= 15 is 0 Å². The van der Waals surface area contributed by atoms with E-state index in [1.54, 1.807) is 30.3 Å². The number of pyridine rings is 1. The third-order valence-corrected chi connectivity index (χ3v) is 3.72. The van der Waals surface area contributed by atoms with Gasteiger partial charge in [-0.3, -0.25) is 0 Å². The number of halogens is 4. The third-order valence-electron chi connectivity index (χ3n) is 3.29. The lowest BCUT2D eigenvalue weighted by atomic mass is 10.1. The molecule has 25 heavy (non-hydrogen) atoms. The van der Waals surface area contributed by atoms with Gasteiger partial charge in [0.05, 0.1) is 17.0 Å². The van der Waals surface area contributed by atoms with Crippen molar-refractivity contribution in [3.63, 3.8) is 0 Å². The van der Waals surface area contributed by atoms with Crippen LogP contribution in [0.3, 0.4) is 0 Å². The average molecular weight is 408 g/mol. The van der Waals surface area contributed by atoms with Crippen LogP contribution in [-0.4, -0.2) is 15.0 Å². The van der Waals surface area contributed by atoms with E-state index in [1.165, 1.54) is 6.20 Å². The smallest absolute Gasteiger partial charge is 0.365 e. The standard InChI is InChI=1S/C16H9BrF3N5/c17-11-5-12-13(22-7-10-3-1-2-9(4-10)6-21)24-15(16(18,19)20)25-14(12)23-8-11/h1-5,8H,7H2,(H,22,23,24,25). The Morgan fingerprint density at radius 1 is 1.20 bits per heavy atom. The van der Waals surface area contributed by atoms with Crippen LogP contribution in [0, 0.1) is 11.3 Å². The van der Waals surface area contributed by atoms with E-state index in [0.29, 0.717) is 15.4 Å². The molecule has 0 aliphatic heterocycles. The molecule has 0 amide bonds. The van der Waals surface area contributed by atoms with Gasteiger partial charge < -0.3 is 5.32 Å². The van der Waals surface area contributed by atoms with E-state index in [1.807, 2.05) is 6.07 Å². The Hall–Kier alpha value is -2.73. The van der Waals surface area contributed by atoms with Crippen molar-refractivity contribution in [2.75, 3.05) is 5.32 Å². The molecule has 3 rings (SSSR count). The van der Waals surface area contributed by atoms with Gasteiger partial charge in [0.15, 0.2) is 5.65 Å². The minimum atomic E-state index is -4.68. The van der Waals surface area contributed by atoms with Gasteiger partial charge in [-0.25, -0.2) is 15.0 Å². The highest BCUT2D eigenvalue weighted by Crippen LogP contribution is 2.30. The molecule has 2 aromatic heterocycles. The summed E-state index contributed by atoms with van der Waals surface area (Å²) in [7, 11) is 0. The maximum absolute atomic E-state index is 13.0. The lowest BCUT2D eigenvalue weighted by molar-refractivity contribution is -0.144. The van der Waals surface area contributed by atoms with E-state index in [0.717, 1.165) is 5.56 Å². The van der Waals surface area contributed by atoms with E-state index < -0.39 is 12.0 Å². The zero-order chi connectivity index (χ0) is 18.0. The van der Waals surface area contributed by atoms with E-state index in [9.17, 15) is 13.2 Å². The van der Waals surface area contributed by atoms with Gasteiger partial charge in [0.25, 0.3) is 0 Å². The summed E-state index contributed by atoms with van der Waals surface area (Å²) < 4.78 is 39.6. The number of nitrogens with one attached hydrogen (secondary N) is 1. The minimum Gasteiger partial charge on any atom is -0.365 e. The van der Waals surface area contributed by atoms with E-state index in [2.05, 4.69) is 36.2 Å². The molecule has 3 aromatic rings. The molecule has 0 radical (unpaired) electrons. The second-order valence-electron chi connectivity index (χ2n) is 5.08. The number of benzene rings is 1. The Bertz CT molecular complexity index is 982. The molecule has 1 aromatic carbocycles. The summed E-state index contributed by atoms with van der Waals surface area (Å²) in [5.41, 5.74) is 1.15. The van der Waals surface area contributed by atoms with Crippen LogP contribution in [0.25, 0.3) is 11.0 Å². The number of nitrogens with zero attached hydrogens (tertiary/aromatic N) is 4. The predicted molar refractivity (Wildman–Crippen MR) is 88.5 cm³/mol. The molecular weight excluding hydrogens is 399 g/mol. The molecule has 0 atom stereocenters. The summed E-state index contributed by atoms with van der Waals surface area (Å²) in [5.74, 6) is -1.24. The van der Waals surface area contributed by atoms with Crippen LogP contribution in [0.4, 0.5) is 19.0 Å². The maximum atomic E-state index is 13.0. The number of hydrogen-bond acceptors (Lipinski definition) is 5. The SMILES string of the molecule is N#Cc1cccc(CNc2nc(C(F)(F)F)nc3ncc(Br)cc23)c1. The third kappa shape index (κ3) is 3.85. The Morgan fingerprint density at radius 2 is 2.00 bits per heavy atom. The molecule has 0 aliphatic carbocycles. The van der Waals surface area contributed by atoms with Crippen molar-refractivity contribution in [2.45, 2.75) is 12.7 Å². The molecular formula is C16H9BrF3N5. The fraction of sp³-hybridized carbons (Fsp3) is 0.125. The van der Waals surface area contributed by atoms with Crippen LogP contribution >= 0.6 is 15.9 Å². The molecule has 0 aliphatic rings. The van der Waals surface area contributed by atoms with Crippen molar-refractivity contribution in [1.82, 2.24) is 15.0 Å². The van der Waals surface area contributed by atoms with Crippen molar-refractivity contribution < 1.29 is 13.2 Å². The zero-order valence-corrected chi connectivity index (χ0v) is 14.1. The molecule has 0 unspecified atom stereocenters. The lowest BCUT2D eigenvalue weighted by Crippen LogP contribution is -2.14. The second kappa shape index (κ2) is 6.64. The molecule has 0 spiro atoms. The lowest BCUT2D eigenvalue weighted by Gasteiger charge is -2.12. The fourth-order valence-electron chi connectivity index (χ4n) is 2.18. The quantitative estimate of drug-likeness (QED) is 0.700. The van der Waals surface area contributed by atoms with Gasteiger partial charge in [-0.2, -0.15) is 18.4 Å². The van der Waals surface area contributed by atoms with Crippen LogP contribution in [0.5, 0.6) is 0 Å². The van der Waals surface area contributed by atoms with E-state index in [4.69, 9.17) is 5.26 Å². The van der Waals surface area contributed by atoms with Crippen molar-refractivity contribution >= 4 is 32.8 Å². The van der Waals surface area contributed by atoms with Crippen molar-refractivity contribution in [3.05, 3.63) is 58.0 Å². The van der Waals surface area contributed by atoms with Crippen LogP contribution < -0.4 is 5.32 Å². The predicted octanol–water partition coefficient (Wildman–Crippen LogP) is 4.29. The molecule has 5 nitrogen and oxygen atoms in total. The van der Waals surface area contributed by atoms with Gasteiger partial charge in [0.2, 0.25) is 5.82 Å². The Morgan fingerprint density at radius 3 is 2.72 bits per heavy atom. The van der Waals surface area contributed by atoms with Gasteiger partial charge in [-0.1, -0.05) is 12.1 Å². The van der Waals surface area contributed by atoms with E-state index in [-0.39, 0.29) is 18.0 Å². The number of nitriles is 1. The van der Waals surface area contributed by atoms with Crippen molar-refractivity contribution in [3.8, 4) is 6.07 Å². The van der Waals surface area contributed by atoms with Crippen molar-refractivity contribution in [2.24, 2.45) is 0 Å². The number of aromatic nitrogens is 3. The summed E-state index contributed by atoms with van der Waals surface area (Å²) in [6.45, 7) is 0.200. The monoisotopic (exact) mass is 407 g/mol. The first-order valence-corrected chi connectivity index (χ1v) is 7.79. The topological polar surface area (TPSA) is 74.5 Å². The first-order chi connectivity index (χ1) is 11.9. The molecule has 0 bridgehead atoms. The van der Waals surface area contributed by atoms with Crippen LogP contribution in [0.15, 0.2) is 41.0 Å².